The number of nitrogens with zero attached hydrogens (tertiary/aromatic N) is 4. The molecule has 1 aliphatic carbocycles. The predicted octanol–water partition coefficient (Wildman–Crippen LogP) is 19.1. The van der Waals surface area contributed by atoms with Gasteiger partial charge in [0, 0.05) is 65.8 Å². The van der Waals surface area contributed by atoms with E-state index in [0.29, 0.717) is 0 Å². The number of benzene rings is 12. The molecule has 0 spiro atoms. The second-order valence-corrected chi connectivity index (χ2v) is 20.4. The summed E-state index contributed by atoms with van der Waals surface area (Å²) in [4.78, 5) is 0. The van der Waals surface area contributed by atoms with Crippen LogP contribution in [0.2, 0.25) is 0 Å². The number of aromatic nitrogens is 4. The lowest BCUT2D eigenvalue weighted by Gasteiger charge is -2.24. The van der Waals surface area contributed by atoms with E-state index in [4.69, 9.17) is 0 Å². The van der Waals surface area contributed by atoms with Crippen LogP contribution in [-0.2, 0) is 0 Å². The van der Waals surface area contributed by atoms with Crippen LogP contribution in [-0.4, -0.2) is 18.3 Å². The molecule has 1 aliphatic rings. The fourth-order valence-electron chi connectivity index (χ4n) is 13.3. The maximum absolute atomic E-state index is 2.48. The zero-order chi connectivity index (χ0) is 49.6. The molecule has 4 aromatic heterocycles. The zero-order valence-corrected chi connectivity index (χ0v) is 41.2. The Morgan fingerprint density at radius 3 is 0.671 bits per heavy atom. The second-order valence-electron chi connectivity index (χ2n) is 20.4. The molecule has 0 atom stereocenters. The molecule has 0 fully saturated rings. The molecule has 17 rings (SSSR count). The highest BCUT2D eigenvalue weighted by Gasteiger charge is 2.25. The molecule has 16 aromatic rings. The number of hydrogen-bond acceptors (Lipinski definition) is 0. The third-order valence-electron chi connectivity index (χ3n) is 16.5. The van der Waals surface area contributed by atoms with Crippen molar-refractivity contribution in [3.63, 3.8) is 0 Å². The summed E-state index contributed by atoms with van der Waals surface area (Å²) >= 11 is 0. The summed E-state index contributed by atoms with van der Waals surface area (Å²) in [5.41, 5.74) is 23.7. The van der Waals surface area contributed by atoms with Crippen molar-refractivity contribution >= 4 is 87.2 Å². The van der Waals surface area contributed by atoms with Gasteiger partial charge in [0.25, 0.3) is 0 Å². The third-order valence-corrected chi connectivity index (χ3v) is 16.5. The Labute approximate surface area is 437 Å². The highest BCUT2D eigenvalue weighted by Crippen LogP contribution is 2.50. The SMILES string of the molecule is c1ccc2c(c1)-c1ccc(-n3c4ccccc4c4ccc(-n5c6ccccc6c6ccccc65)cc43)cc1-c1ccccc1-c1ccc(-n3c4ccccc4c4ccc(-n5c6ccccc6c6ccccc65)cc43)cc1-2. The summed E-state index contributed by atoms with van der Waals surface area (Å²) in [7, 11) is 0. The fraction of sp³-hybridized carbons (Fsp3) is 0. The van der Waals surface area contributed by atoms with E-state index in [1.54, 1.807) is 0 Å². The largest absolute Gasteiger partial charge is 0.309 e. The summed E-state index contributed by atoms with van der Waals surface area (Å²) in [6.45, 7) is 0. The molecule has 4 nitrogen and oxygen atoms in total. The average molecular weight is 965 g/mol. The summed E-state index contributed by atoms with van der Waals surface area (Å²) in [6.07, 6.45) is 0. The molecular weight excluding hydrogens is 921 g/mol. The van der Waals surface area contributed by atoms with E-state index in [-0.39, 0.29) is 0 Å². The molecule has 0 saturated heterocycles. The molecule has 12 aromatic carbocycles. The summed E-state index contributed by atoms with van der Waals surface area (Å²) in [6, 6.07) is 99.2. The maximum Gasteiger partial charge on any atom is 0.0561 e. The van der Waals surface area contributed by atoms with Crippen LogP contribution in [0.3, 0.4) is 0 Å². The Hall–Kier alpha value is -10.2. The van der Waals surface area contributed by atoms with Crippen LogP contribution >= 0.6 is 0 Å². The minimum atomic E-state index is 1.12. The van der Waals surface area contributed by atoms with Gasteiger partial charge in [0.1, 0.15) is 0 Å². The monoisotopic (exact) mass is 964 g/mol. The summed E-state index contributed by atoms with van der Waals surface area (Å²) in [5.74, 6) is 0. The Kier molecular flexibility index (Phi) is 8.52. The number of rotatable bonds is 4. The van der Waals surface area contributed by atoms with Gasteiger partial charge in [0.05, 0.1) is 44.1 Å². The molecule has 352 valence electrons. The van der Waals surface area contributed by atoms with Crippen LogP contribution in [0.25, 0.3) is 154 Å². The van der Waals surface area contributed by atoms with Crippen molar-refractivity contribution in [2.45, 2.75) is 0 Å². The van der Waals surface area contributed by atoms with E-state index in [9.17, 15) is 0 Å². The van der Waals surface area contributed by atoms with Gasteiger partial charge in [0.2, 0.25) is 0 Å². The van der Waals surface area contributed by atoms with Gasteiger partial charge in [0.15, 0.2) is 0 Å². The van der Waals surface area contributed by atoms with Crippen molar-refractivity contribution in [2.75, 3.05) is 0 Å². The van der Waals surface area contributed by atoms with Crippen molar-refractivity contribution in [2.24, 2.45) is 0 Å². The number of fused-ring (bicyclic) bond motifs is 20. The number of hydrogen-bond donors (Lipinski definition) is 0. The highest BCUT2D eigenvalue weighted by molar-refractivity contribution is 6.15. The Morgan fingerprint density at radius 2 is 0.355 bits per heavy atom. The van der Waals surface area contributed by atoms with Gasteiger partial charge in [-0.1, -0.05) is 182 Å². The van der Waals surface area contributed by atoms with Crippen LogP contribution in [0.5, 0.6) is 0 Å². The Balaban J connectivity index is 0.865. The molecule has 0 N–H and O–H groups in total. The second kappa shape index (κ2) is 15.7. The molecule has 0 radical (unpaired) electrons. The van der Waals surface area contributed by atoms with E-state index in [1.165, 1.54) is 132 Å². The lowest BCUT2D eigenvalue weighted by atomic mass is 9.80. The fourth-order valence-corrected chi connectivity index (χ4v) is 13.3. The van der Waals surface area contributed by atoms with Gasteiger partial charge in [-0.3, -0.25) is 0 Å². The highest BCUT2D eigenvalue weighted by atomic mass is 15.0. The van der Waals surface area contributed by atoms with Gasteiger partial charge in [-0.25, -0.2) is 0 Å². The van der Waals surface area contributed by atoms with Crippen molar-refractivity contribution in [1.82, 2.24) is 18.3 Å². The van der Waals surface area contributed by atoms with Crippen LogP contribution in [0, 0.1) is 0 Å². The topological polar surface area (TPSA) is 19.7 Å². The van der Waals surface area contributed by atoms with E-state index >= 15 is 0 Å². The zero-order valence-electron chi connectivity index (χ0n) is 41.2. The predicted molar refractivity (Wildman–Crippen MR) is 319 cm³/mol. The van der Waals surface area contributed by atoms with Crippen molar-refractivity contribution < 1.29 is 0 Å². The molecule has 0 unspecified atom stereocenters. The molecule has 0 amide bonds. The number of para-hydroxylation sites is 6. The van der Waals surface area contributed by atoms with E-state index < -0.39 is 0 Å². The maximum atomic E-state index is 2.48. The quantitative estimate of drug-likeness (QED) is 0.167. The normalized spacial score (nSPS) is 12.2. The Bertz CT molecular complexity index is 4700. The molecule has 4 heteroatoms. The van der Waals surface area contributed by atoms with Gasteiger partial charge in [-0.05, 0) is 129 Å². The molecule has 76 heavy (non-hydrogen) atoms. The minimum Gasteiger partial charge on any atom is -0.309 e. The van der Waals surface area contributed by atoms with E-state index in [2.05, 4.69) is 285 Å². The van der Waals surface area contributed by atoms with Crippen LogP contribution in [0.1, 0.15) is 0 Å². The molecule has 0 saturated carbocycles. The molecular formula is C72H44N4. The third kappa shape index (κ3) is 5.73. The van der Waals surface area contributed by atoms with E-state index in [1.807, 2.05) is 0 Å². The van der Waals surface area contributed by atoms with Gasteiger partial charge in [-0.15, -0.1) is 0 Å². The van der Waals surface area contributed by atoms with Crippen molar-refractivity contribution in [1.29, 1.82) is 0 Å². The van der Waals surface area contributed by atoms with Crippen LogP contribution < -0.4 is 0 Å². The standard InChI is InChI=1S/C72H44N4/c1-3-19-51-49(17-1)53-37-33-45(75-69-31-15-9-25-59(69)61-39-35-47(43-71(61)75)73-65-27-11-5-21-55(65)56-22-6-12-28-66(56)73)42-64(53)52-20-4-2-18-50(52)54-38-34-46(41-63(51)54)76-70-32-16-10-26-60(70)62-40-36-48(44-72(62)76)74-67-29-13-7-23-57(67)58-24-8-14-30-68(58)74/h1-44H. The summed E-state index contributed by atoms with van der Waals surface area (Å²) in [5, 5.41) is 9.96. The molecule has 0 bridgehead atoms. The minimum absolute atomic E-state index is 1.12. The van der Waals surface area contributed by atoms with Gasteiger partial charge >= 0.3 is 0 Å². The first kappa shape index (κ1) is 41.3. The Morgan fingerprint density at radius 1 is 0.145 bits per heavy atom. The smallest absolute Gasteiger partial charge is 0.0561 e. The summed E-state index contributed by atoms with van der Waals surface area (Å²) < 4.78 is 9.81. The lowest BCUT2D eigenvalue weighted by Crippen LogP contribution is -2.02. The van der Waals surface area contributed by atoms with E-state index in [0.717, 1.165) is 22.7 Å². The van der Waals surface area contributed by atoms with Crippen molar-refractivity contribution in [3.05, 3.63) is 267 Å². The van der Waals surface area contributed by atoms with Crippen molar-refractivity contribution in [3.8, 4) is 67.3 Å². The first-order valence-electron chi connectivity index (χ1n) is 26.3. The lowest BCUT2D eigenvalue weighted by molar-refractivity contribution is 1.15. The first-order valence-corrected chi connectivity index (χ1v) is 26.3. The molecule has 4 heterocycles. The van der Waals surface area contributed by atoms with Gasteiger partial charge in [-0.2, -0.15) is 0 Å². The van der Waals surface area contributed by atoms with Crippen LogP contribution in [0.15, 0.2) is 267 Å². The first-order chi connectivity index (χ1) is 37.7. The molecule has 0 aliphatic heterocycles. The average Bonchev–Trinajstić information content (AvgIpc) is 4.26. The van der Waals surface area contributed by atoms with Crippen LogP contribution in [0.4, 0.5) is 0 Å². The van der Waals surface area contributed by atoms with Gasteiger partial charge < -0.3 is 18.3 Å².